The van der Waals surface area contributed by atoms with E-state index < -0.39 is 0 Å². The normalized spacial score (nSPS) is 20.5. The average molecular weight is 375 g/mol. The SMILES string of the molecule is CN(C)c1ccc([C@H]2Oc3ccccc3[C@H]3CC(c4cccs4)=NN32)cc1. The molecular formula is C22H21N3OS. The van der Waals surface area contributed by atoms with Crippen LogP contribution in [0.3, 0.4) is 0 Å². The Kier molecular flexibility index (Phi) is 3.90. The van der Waals surface area contributed by atoms with E-state index in [4.69, 9.17) is 9.84 Å². The van der Waals surface area contributed by atoms with Crippen LogP contribution in [0.4, 0.5) is 5.69 Å². The van der Waals surface area contributed by atoms with Crippen LogP contribution in [0.5, 0.6) is 5.75 Å². The van der Waals surface area contributed by atoms with Gasteiger partial charge in [-0.05, 0) is 29.6 Å². The third-order valence-corrected chi connectivity index (χ3v) is 6.12. The minimum atomic E-state index is -0.210. The van der Waals surface area contributed by atoms with Crippen molar-refractivity contribution in [2.75, 3.05) is 19.0 Å². The molecule has 0 saturated carbocycles. The Morgan fingerprint density at radius 2 is 1.85 bits per heavy atom. The molecule has 0 radical (unpaired) electrons. The summed E-state index contributed by atoms with van der Waals surface area (Å²) < 4.78 is 6.41. The van der Waals surface area contributed by atoms with Gasteiger partial charge in [0.05, 0.1) is 16.6 Å². The van der Waals surface area contributed by atoms with Gasteiger partial charge in [0.2, 0.25) is 6.23 Å². The highest BCUT2D eigenvalue weighted by atomic mass is 32.1. The molecule has 0 spiro atoms. The van der Waals surface area contributed by atoms with E-state index in [1.807, 2.05) is 6.07 Å². The molecule has 27 heavy (non-hydrogen) atoms. The van der Waals surface area contributed by atoms with Crippen LogP contribution < -0.4 is 9.64 Å². The molecule has 136 valence electrons. The number of nitrogens with zero attached hydrogens (tertiary/aromatic N) is 3. The first-order valence-corrected chi connectivity index (χ1v) is 10.0. The van der Waals surface area contributed by atoms with E-state index in [-0.39, 0.29) is 12.3 Å². The molecule has 0 amide bonds. The van der Waals surface area contributed by atoms with E-state index in [1.54, 1.807) is 11.3 Å². The lowest BCUT2D eigenvalue weighted by Gasteiger charge is -2.38. The number of hydrogen-bond acceptors (Lipinski definition) is 5. The monoisotopic (exact) mass is 375 g/mol. The lowest BCUT2D eigenvalue weighted by molar-refractivity contribution is -0.0190. The van der Waals surface area contributed by atoms with Gasteiger partial charge in [-0.15, -0.1) is 11.3 Å². The zero-order chi connectivity index (χ0) is 18.4. The Balaban J connectivity index is 1.56. The van der Waals surface area contributed by atoms with Gasteiger partial charge < -0.3 is 9.64 Å². The summed E-state index contributed by atoms with van der Waals surface area (Å²) in [6, 6.07) is 21.3. The summed E-state index contributed by atoms with van der Waals surface area (Å²) in [6.07, 6.45) is 0.700. The number of rotatable bonds is 3. The fourth-order valence-electron chi connectivity index (χ4n) is 3.78. The maximum atomic E-state index is 6.41. The van der Waals surface area contributed by atoms with Crippen LogP contribution >= 0.6 is 11.3 Å². The molecule has 2 aliphatic heterocycles. The first-order valence-electron chi connectivity index (χ1n) is 9.13. The molecule has 0 bridgehead atoms. The minimum Gasteiger partial charge on any atom is -0.464 e. The number of ether oxygens (including phenoxy) is 1. The molecule has 5 heteroatoms. The first kappa shape index (κ1) is 16.4. The number of thiophene rings is 1. The predicted molar refractivity (Wildman–Crippen MR) is 111 cm³/mol. The maximum Gasteiger partial charge on any atom is 0.213 e. The van der Waals surface area contributed by atoms with Crippen molar-refractivity contribution in [1.82, 2.24) is 5.01 Å². The van der Waals surface area contributed by atoms with Crippen molar-refractivity contribution >= 4 is 22.7 Å². The molecule has 2 aromatic carbocycles. The zero-order valence-electron chi connectivity index (χ0n) is 15.4. The first-order chi connectivity index (χ1) is 13.2. The lowest BCUT2D eigenvalue weighted by atomic mass is 9.97. The fraction of sp³-hybridized carbons (Fsp3) is 0.227. The van der Waals surface area contributed by atoms with E-state index in [0.29, 0.717) is 0 Å². The molecule has 0 N–H and O–H groups in total. The van der Waals surface area contributed by atoms with Crippen LogP contribution in [0.15, 0.2) is 71.1 Å². The third kappa shape index (κ3) is 2.79. The van der Waals surface area contributed by atoms with Gasteiger partial charge in [-0.3, -0.25) is 0 Å². The summed E-state index contributed by atoms with van der Waals surface area (Å²) in [4.78, 5) is 3.34. The van der Waals surface area contributed by atoms with E-state index in [0.717, 1.165) is 23.4 Å². The molecule has 2 atom stereocenters. The summed E-state index contributed by atoms with van der Waals surface area (Å²) in [5.41, 5.74) is 4.66. The highest BCUT2D eigenvalue weighted by Crippen LogP contribution is 2.47. The van der Waals surface area contributed by atoms with Crippen LogP contribution in [-0.4, -0.2) is 24.8 Å². The molecule has 2 aliphatic rings. The standard InChI is InChI=1S/C22H21N3OS/c1-24(2)16-11-9-15(10-12-16)22-25-19(17-6-3-4-7-20(17)26-22)14-18(23-25)21-8-5-13-27-21/h3-13,19,22H,14H2,1-2H3/t19-,22-/m1/s1. The Hall–Kier alpha value is -2.79. The van der Waals surface area contributed by atoms with Gasteiger partial charge in [0.25, 0.3) is 0 Å². The number of anilines is 1. The molecule has 0 unspecified atom stereocenters. The van der Waals surface area contributed by atoms with Crippen LogP contribution in [-0.2, 0) is 0 Å². The van der Waals surface area contributed by atoms with Crippen LogP contribution in [0.2, 0.25) is 0 Å². The molecule has 0 fully saturated rings. The Labute approximate surface area is 163 Å². The molecular weight excluding hydrogens is 354 g/mol. The second kappa shape index (κ2) is 6.43. The van der Waals surface area contributed by atoms with Gasteiger partial charge in [-0.1, -0.05) is 36.4 Å². The molecule has 1 aromatic heterocycles. The van der Waals surface area contributed by atoms with Gasteiger partial charge in [-0.25, -0.2) is 5.01 Å². The van der Waals surface area contributed by atoms with Crippen molar-refractivity contribution in [3.05, 3.63) is 82.0 Å². The van der Waals surface area contributed by atoms with Crippen molar-refractivity contribution in [3.63, 3.8) is 0 Å². The molecule has 3 heterocycles. The smallest absolute Gasteiger partial charge is 0.213 e. The minimum absolute atomic E-state index is 0.210. The topological polar surface area (TPSA) is 28.1 Å². The molecule has 0 saturated heterocycles. The van der Waals surface area contributed by atoms with Gasteiger partial charge in [0, 0.05) is 37.3 Å². The lowest BCUT2D eigenvalue weighted by Crippen LogP contribution is -2.33. The number of para-hydroxylation sites is 1. The summed E-state index contributed by atoms with van der Waals surface area (Å²) >= 11 is 1.75. The van der Waals surface area contributed by atoms with E-state index in [9.17, 15) is 0 Å². The van der Waals surface area contributed by atoms with E-state index in [1.165, 1.54) is 16.1 Å². The van der Waals surface area contributed by atoms with Crippen molar-refractivity contribution in [1.29, 1.82) is 0 Å². The second-order valence-corrected chi connectivity index (χ2v) is 8.07. The Bertz CT molecular complexity index is 979. The van der Waals surface area contributed by atoms with Crippen LogP contribution in [0.1, 0.15) is 34.7 Å². The molecule has 0 aliphatic carbocycles. The number of hydrogen-bond donors (Lipinski definition) is 0. The van der Waals surface area contributed by atoms with Crippen LogP contribution in [0.25, 0.3) is 0 Å². The van der Waals surface area contributed by atoms with Crippen molar-refractivity contribution < 1.29 is 4.74 Å². The van der Waals surface area contributed by atoms with E-state index >= 15 is 0 Å². The Morgan fingerprint density at radius 3 is 2.59 bits per heavy atom. The maximum absolute atomic E-state index is 6.41. The van der Waals surface area contributed by atoms with Crippen LogP contribution in [0, 0.1) is 0 Å². The largest absolute Gasteiger partial charge is 0.464 e. The van der Waals surface area contributed by atoms with E-state index in [2.05, 4.69) is 84.0 Å². The van der Waals surface area contributed by atoms with Gasteiger partial charge in [0.15, 0.2) is 0 Å². The molecule has 4 nitrogen and oxygen atoms in total. The van der Waals surface area contributed by atoms with Gasteiger partial charge in [0.1, 0.15) is 5.75 Å². The zero-order valence-corrected chi connectivity index (χ0v) is 16.2. The summed E-state index contributed by atoms with van der Waals surface area (Å²) in [6.45, 7) is 0. The van der Waals surface area contributed by atoms with Crippen molar-refractivity contribution in [2.24, 2.45) is 5.10 Å². The average Bonchev–Trinajstić information content (AvgIpc) is 3.37. The molecule has 5 rings (SSSR count). The third-order valence-electron chi connectivity index (χ3n) is 5.20. The number of benzene rings is 2. The van der Waals surface area contributed by atoms with Gasteiger partial charge in [-0.2, -0.15) is 5.10 Å². The second-order valence-electron chi connectivity index (χ2n) is 7.12. The fourth-order valence-corrected chi connectivity index (χ4v) is 4.50. The quantitative estimate of drug-likeness (QED) is 0.641. The number of fused-ring (bicyclic) bond motifs is 3. The van der Waals surface area contributed by atoms with Crippen molar-refractivity contribution in [2.45, 2.75) is 18.7 Å². The highest BCUT2D eigenvalue weighted by molar-refractivity contribution is 7.12. The summed E-state index contributed by atoms with van der Waals surface area (Å²) in [5.74, 6) is 0.961. The molecule has 3 aromatic rings. The van der Waals surface area contributed by atoms with Gasteiger partial charge >= 0.3 is 0 Å². The summed E-state index contributed by atoms with van der Waals surface area (Å²) in [5, 5.41) is 9.24. The Morgan fingerprint density at radius 1 is 1.04 bits per heavy atom. The summed E-state index contributed by atoms with van der Waals surface area (Å²) in [7, 11) is 4.10. The van der Waals surface area contributed by atoms with Crippen molar-refractivity contribution in [3.8, 4) is 5.75 Å². The highest BCUT2D eigenvalue weighted by Gasteiger charge is 2.40. The number of hydrazone groups is 1. The predicted octanol–water partition coefficient (Wildman–Crippen LogP) is 5.06.